The Balaban J connectivity index is 1.26. The first-order chi connectivity index (χ1) is 17.5. The van der Waals surface area contributed by atoms with Crippen LogP contribution < -0.4 is 14.4 Å². The molecule has 8 nitrogen and oxygen atoms in total. The molecule has 188 valence electrons. The number of aryl methyl sites for hydroxylation is 2. The molecule has 3 heterocycles. The van der Waals surface area contributed by atoms with Crippen molar-refractivity contribution < 1.29 is 23.6 Å². The van der Waals surface area contributed by atoms with E-state index in [4.69, 9.17) is 14.0 Å². The molecule has 0 saturated carbocycles. The van der Waals surface area contributed by atoms with Crippen LogP contribution in [0.4, 0.5) is 5.69 Å². The highest BCUT2D eigenvalue weighted by molar-refractivity contribution is 5.98. The fourth-order valence-electron chi connectivity index (χ4n) is 4.75. The Hall–Kier alpha value is -3.81. The van der Waals surface area contributed by atoms with E-state index in [0.717, 1.165) is 54.9 Å². The van der Waals surface area contributed by atoms with Crippen LogP contribution in [0.3, 0.4) is 0 Å². The monoisotopic (exact) mass is 489 g/mol. The van der Waals surface area contributed by atoms with Gasteiger partial charge in [-0.1, -0.05) is 29.4 Å². The number of para-hydroxylation sites is 2. The summed E-state index contributed by atoms with van der Waals surface area (Å²) in [5.41, 5.74) is 3.32. The summed E-state index contributed by atoms with van der Waals surface area (Å²) in [5, 5.41) is 3.95. The Morgan fingerprint density at radius 1 is 1.03 bits per heavy atom. The van der Waals surface area contributed by atoms with E-state index in [-0.39, 0.29) is 24.8 Å². The standard InChI is InChI=1S/C28H31N3O5/c1-19-23(20(2)36-29-19)18-34-22-12-10-21(11-13-22)16-27(32)31-17-26(28(33)30-14-6-3-7-15-30)35-25-9-5-4-8-24(25)31/h4-5,8-13,26H,3,6-7,14-18H2,1-2H3. The molecule has 0 aliphatic carbocycles. The first-order valence-electron chi connectivity index (χ1n) is 12.5. The molecule has 1 fully saturated rings. The number of benzene rings is 2. The number of carbonyl (C=O) groups is 2. The predicted octanol–water partition coefficient (Wildman–Crippen LogP) is 4.22. The van der Waals surface area contributed by atoms with Gasteiger partial charge in [-0.2, -0.15) is 0 Å². The lowest BCUT2D eigenvalue weighted by atomic mass is 10.1. The highest BCUT2D eigenvalue weighted by Crippen LogP contribution is 2.34. The smallest absolute Gasteiger partial charge is 0.265 e. The molecule has 1 atom stereocenters. The maximum Gasteiger partial charge on any atom is 0.265 e. The Kier molecular flexibility index (Phi) is 6.93. The van der Waals surface area contributed by atoms with Crippen LogP contribution in [0.2, 0.25) is 0 Å². The maximum absolute atomic E-state index is 13.4. The lowest BCUT2D eigenvalue weighted by Crippen LogP contribution is -2.53. The number of rotatable bonds is 6. The molecule has 0 radical (unpaired) electrons. The number of carbonyl (C=O) groups excluding carboxylic acids is 2. The minimum absolute atomic E-state index is 0.0400. The van der Waals surface area contributed by atoms with Gasteiger partial charge in [0.05, 0.1) is 29.9 Å². The van der Waals surface area contributed by atoms with Crippen LogP contribution in [-0.2, 0) is 22.6 Å². The van der Waals surface area contributed by atoms with Crippen LogP contribution in [0, 0.1) is 13.8 Å². The van der Waals surface area contributed by atoms with Gasteiger partial charge < -0.3 is 23.8 Å². The molecule has 1 unspecified atom stereocenters. The minimum atomic E-state index is -0.693. The summed E-state index contributed by atoms with van der Waals surface area (Å²) in [6.45, 7) is 5.83. The lowest BCUT2D eigenvalue weighted by molar-refractivity contribution is -0.139. The van der Waals surface area contributed by atoms with Gasteiger partial charge in [0.1, 0.15) is 23.9 Å². The quantitative estimate of drug-likeness (QED) is 0.516. The van der Waals surface area contributed by atoms with Crippen molar-refractivity contribution in [2.45, 2.75) is 52.2 Å². The normalized spacial score (nSPS) is 17.3. The summed E-state index contributed by atoms with van der Waals surface area (Å²) in [6.07, 6.45) is 2.68. The molecule has 0 spiro atoms. The number of hydrogen-bond acceptors (Lipinski definition) is 6. The van der Waals surface area contributed by atoms with Crippen molar-refractivity contribution in [2.75, 3.05) is 24.5 Å². The highest BCUT2D eigenvalue weighted by Gasteiger charge is 2.36. The molecule has 5 rings (SSSR count). The number of piperidine rings is 1. The number of likely N-dealkylation sites (tertiary alicyclic amines) is 1. The fourth-order valence-corrected chi connectivity index (χ4v) is 4.75. The second kappa shape index (κ2) is 10.4. The van der Waals surface area contributed by atoms with Crippen molar-refractivity contribution in [1.82, 2.24) is 10.1 Å². The van der Waals surface area contributed by atoms with Crippen LogP contribution in [0.1, 0.15) is 41.8 Å². The number of aromatic nitrogens is 1. The molecule has 2 aromatic carbocycles. The molecule has 3 aromatic rings. The molecule has 2 aliphatic rings. The van der Waals surface area contributed by atoms with Crippen LogP contribution in [0.25, 0.3) is 0 Å². The highest BCUT2D eigenvalue weighted by atomic mass is 16.5. The molecular weight excluding hydrogens is 458 g/mol. The minimum Gasteiger partial charge on any atom is -0.489 e. The third kappa shape index (κ3) is 5.08. The third-order valence-electron chi connectivity index (χ3n) is 6.86. The zero-order valence-corrected chi connectivity index (χ0v) is 20.7. The van der Waals surface area contributed by atoms with E-state index in [0.29, 0.717) is 23.8 Å². The number of ether oxygens (including phenoxy) is 2. The van der Waals surface area contributed by atoms with Gasteiger partial charge in [-0.15, -0.1) is 0 Å². The summed E-state index contributed by atoms with van der Waals surface area (Å²) in [7, 11) is 0. The molecule has 1 saturated heterocycles. The summed E-state index contributed by atoms with van der Waals surface area (Å²) in [5.74, 6) is 1.90. The Morgan fingerprint density at radius 2 is 1.78 bits per heavy atom. The molecule has 8 heteroatoms. The van der Waals surface area contributed by atoms with Crippen LogP contribution in [-0.4, -0.2) is 47.6 Å². The van der Waals surface area contributed by atoms with Crippen molar-refractivity contribution in [2.24, 2.45) is 0 Å². The van der Waals surface area contributed by atoms with E-state index in [2.05, 4.69) is 5.16 Å². The van der Waals surface area contributed by atoms with E-state index >= 15 is 0 Å². The van der Waals surface area contributed by atoms with Crippen LogP contribution >= 0.6 is 0 Å². The average molecular weight is 490 g/mol. The van der Waals surface area contributed by atoms with Crippen molar-refractivity contribution in [3.8, 4) is 11.5 Å². The number of hydrogen-bond donors (Lipinski definition) is 0. The van der Waals surface area contributed by atoms with Gasteiger partial charge in [-0.05, 0) is 62.9 Å². The summed E-state index contributed by atoms with van der Waals surface area (Å²) in [4.78, 5) is 30.1. The predicted molar refractivity (Wildman–Crippen MR) is 134 cm³/mol. The van der Waals surface area contributed by atoms with Gasteiger partial charge in [-0.25, -0.2) is 0 Å². The van der Waals surface area contributed by atoms with Gasteiger partial charge in [0.2, 0.25) is 5.91 Å². The molecule has 2 aliphatic heterocycles. The Labute approximate surface area is 210 Å². The SMILES string of the molecule is Cc1noc(C)c1COc1ccc(CC(=O)N2CC(C(=O)N3CCCCC3)Oc3ccccc32)cc1. The van der Waals surface area contributed by atoms with Gasteiger partial charge in [0.15, 0.2) is 6.10 Å². The number of fused-ring (bicyclic) bond motifs is 1. The second-order valence-electron chi connectivity index (χ2n) is 9.38. The van der Waals surface area contributed by atoms with E-state index in [1.165, 1.54) is 0 Å². The van der Waals surface area contributed by atoms with Crippen molar-refractivity contribution in [1.29, 1.82) is 0 Å². The maximum atomic E-state index is 13.4. The summed E-state index contributed by atoms with van der Waals surface area (Å²) < 4.78 is 17.1. The number of anilines is 1. The van der Waals surface area contributed by atoms with E-state index < -0.39 is 6.10 Å². The fraction of sp³-hybridized carbons (Fsp3) is 0.393. The molecule has 0 N–H and O–H groups in total. The molecule has 0 bridgehead atoms. The Bertz CT molecular complexity index is 1210. The topological polar surface area (TPSA) is 85.1 Å². The average Bonchev–Trinajstić information content (AvgIpc) is 3.24. The summed E-state index contributed by atoms with van der Waals surface area (Å²) in [6, 6.07) is 14.9. The van der Waals surface area contributed by atoms with Crippen LogP contribution in [0.5, 0.6) is 11.5 Å². The lowest BCUT2D eigenvalue weighted by Gasteiger charge is -2.37. The van der Waals surface area contributed by atoms with Gasteiger partial charge in [0.25, 0.3) is 5.91 Å². The number of nitrogens with zero attached hydrogens (tertiary/aromatic N) is 3. The van der Waals surface area contributed by atoms with Gasteiger partial charge in [-0.3, -0.25) is 9.59 Å². The molecular formula is C28H31N3O5. The first-order valence-corrected chi connectivity index (χ1v) is 12.5. The van der Waals surface area contributed by atoms with Crippen molar-refractivity contribution >= 4 is 17.5 Å². The van der Waals surface area contributed by atoms with Gasteiger partial charge in [0, 0.05) is 13.1 Å². The molecule has 36 heavy (non-hydrogen) atoms. The third-order valence-corrected chi connectivity index (χ3v) is 6.86. The largest absolute Gasteiger partial charge is 0.489 e. The van der Waals surface area contributed by atoms with Crippen molar-refractivity contribution in [3.05, 3.63) is 71.1 Å². The second-order valence-corrected chi connectivity index (χ2v) is 9.38. The number of amides is 2. The molecule has 2 amide bonds. The van der Waals surface area contributed by atoms with Crippen molar-refractivity contribution in [3.63, 3.8) is 0 Å². The zero-order valence-electron chi connectivity index (χ0n) is 20.7. The van der Waals surface area contributed by atoms with Crippen LogP contribution in [0.15, 0.2) is 53.1 Å². The zero-order chi connectivity index (χ0) is 25.1. The van der Waals surface area contributed by atoms with E-state index in [1.807, 2.05) is 67.3 Å². The molecule has 1 aromatic heterocycles. The Morgan fingerprint density at radius 3 is 2.50 bits per heavy atom. The summed E-state index contributed by atoms with van der Waals surface area (Å²) >= 11 is 0. The first kappa shape index (κ1) is 23.9. The van der Waals surface area contributed by atoms with E-state index in [1.54, 1.807) is 4.90 Å². The van der Waals surface area contributed by atoms with Gasteiger partial charge >= 0.3 is 0 Å². The van der Waals surface area contributed by atoms with E-state index in [9.17, 15) is 9.59 Å².